The Bertz CT molecular complexity index is 1190. The molecule has 156 valence electrons. The normalized spacial score (nSPS) is 19.9. The van der Waals surface area contributed by atoms with Crippen molar-refractivity contribution in [2.45, 2.75) is 46.3 Å². The zero-order valence-electron chi connectivity index (χ0n) is 18.0. The van der Waals surface area contributed by atoms with Crippen LogP contribution in [0, 0.1) is 25.2 Å². The van der Waals surface area contributed by atoms with E-state index in [0.29, 0.717) is 11.2 Å². The molecule has 2 atom stereocenters. The number of aryl methyl sites for hydroxylation is 3. The molecule has 0 amide bonds. The Morgan fingerprint density at radius 3 is 2.67 bits per heavy atom. The van der Waals surface area contributed by atoms with Crippen molar-refractivity contribution in [1.29, 1.82) is 5.26 Å². The molecule has 0 aromatic carbocycles. The van der Waals surface area contributed by atoms with Crippen molar-refractivity contribution < 1.29 is 4.52 Å². The third kappa shape index (κ3) is 3.35. The zero-order valence-corrected chi connectivity index (χ0v) is 18.0. The van der Waals surface area contributed by atoms with Gasteiger partial charge in [-0.25, -0.2) is 4.98 Å². The number of anilines is 1. The topological polar surface area (TPSA) is 91.2 Å². The van der Waals surface area contributed by atoms with Gasteiger partial charge in [0.05, 0.1) is 16.9 Å². The molecular weight excluding hydrogens is 380 g/mol. The second kappa shape index (κ2) is 7.58. The fourth-order valence-electron chi connectivity index (χ4n) is 4.28. The highest BCUT2D eigenvalue weighted by molar-refractivity contribution is 5.89. The Morgan fingerprint density at radius 2 is 2.00 bits per heavy atom. The fourth-order valence-corrected chi connectivity index (χ4v) is 4.28. The lowest BCUT2D eigenvalue weighted by atomic mass is 10.0. The summed E-state index contributed by atoms with van der Waals surface area (Å²) in [5, 5.41) is 13.4. The van der Waals surface area contributed by atoms with Crippen LogP contribution in [0.5, 0.6) is 0 Å². The molecule has 1 aliphatic rings. The monoisotopic (exact) mass is 406 g/mol. The summed E-state index contributed by atoms with van der Waals surface area (Å²) in [7, 11) is 1.73. The highest BCUT2D eigenvalue weighted by atomic mass is 16.5. The fraction of sp³-hybridized carbons (Fsp3) is 0.455. The van der Waals surface area contributed by atoms with Crippen molar-refractivity contribution in [3.63, 3.8) is 0 Å². The minimum atomic E-state index is -0.0815. The van der Waals surface area contributed by atoms with Crippen molar-refractivity contribution in [2.75, 3.05) is 18.0 Å². The first kappa shape index (κ1) is 20.1. The van der Waals surface area contributed by atoms with E-state index < -0.39 is 0 Å². The van der Waals surface area contributed by atoms with Gasteiger partial charge >= 0.3 is 0 Å². The maximum Gasteiger partial charge on any atom is 0.252 e. The number of hydrogen-bond donors (Lipinski definition) is 0. The van der Waals surface area contributed by atoms with Gasteiger partial charge in [-0.1, -0.05) is 5.16 Å². The molecule has 0 aliphatic carbocycles. The number of pyridine rings is 2. The summed E-state index contributed by atoms with van der Waals surface area (Å²) in [4.78, 5) is 21.8. The summed E-state index contributed by atoms with van der Waals surface area (Å²) in [6, 6.07) is 7.63. The lowest BCUT2D eigenvalue weighted by Gasteiger charge is -2.45. The molecule has 1 saturated heterocycles. The molecule has 3 aromatic rings. The van der Waals surface area contributed by atoms with Gasteiger partial charge in [0, 0.05) is 50.4 Å². The van der Waals surface area contributed by atoms with E-state index in [1.54, 1.807) is 29.8 Å². The van der Waals surface area contributed by atoms with Crippen LogP contribution in [0.4, 0.5) is 5.69 Å². The summed E-state index contributed by atoms with van der Waals surface area (Å²) in [5.41, 5.74) is 4.55. The Labute approximate surface area is 175 Å². The minimum Gasteiger partial charge on any atom is -0.364 e. The third-order valence-electron chi connectivity index (χ3n) is 6.15. The second-order valence-corrected chi connectivity index (χ2v) is 8.19. The molecule has 1 fully saturated rings. The molecule has 0 radical (unpaired) electrons. The van der Waals surface area contributed by atoms with Crippen molar-refractivity contribution in [3.05, 3.63) is 51.3 Å². The van der Waals surface area contributed by atoms with Gasteiger partial charge in [-0.15, -0.1) is 0 Å². The van der Waals surface area contributed by atoms with Crippen LogP contribution < -0.4 is 10.5 Å². The van der Waals surface area contributed by atoms with Gasteiger partial charge in [-0.3, -0.25) is 9.69 Å². The number of fused-ring (bicyclic) bond motifs is 1. The van der Waals surface area contributed by atoms with Gasteiger partial charge in [0.25, 0.3) is 5.56 Å². The number of nitrogens with zero attached hydrogens (tertiary/aromatic N) is 6. The number of piperazine rings is 1. The molecule has 0 saturated carbocycles. The van der Waals surface area contributed by atoms with Crippen LogP contribution in [-0.4, -0.2) is 44.8 Å². The van der Waals surface area contributed by atoms with Gasteiger partial charge in [0.15, 0.2) is 0 Å². The van der Waals surface area contributed by atoms with E-state index in [2.05, 4.69) is 39.9 Å². The first-order valence-corrected chi connectivity index (χ1v) is 10.1. The smallest absolute Gasteiger partial charge is 0.252 e. The van der Waals surface area contributed by atoms with Crippen LogP contribution in [0.15, 0.2) is 27.5 Å². The van der Waals surface area contributed by atoms with E-state index in [-0.39, 0.29) is 17.6 Å². The largest absolute Gasteiger partial charge is 0.364 e. The van der Waals surface area contributed by atoms with Crippen LogP contribution in [-0.2, 0) is 13.6 Å². The summed E-state index contributed by atoms with van der Waals surface area (Å²) >= 11 is 0. The molecule has 8 heteroatoms. The molecule has 0 N–H and O–H groups in total. The number of nitriles is 1. The van der Waals surface area contributed by atoms with Crippen molar-refractivity contribution in [2.24, 2.45) is 7.05 Å². The van der Waals surface area contributed by atoms with Gasteiger partial charge in [0.1, 0.15) is 23.0 Å². The van der Waals surface area contributed by atoms with Crippen LogP contribution in [0.3, 0.4) is 0 Å². The molecule has 0 bridgehead atoms. The Balaban J connectivity index is 1.69. The van der Waals surface area contributed by atoms with E-state index in [4.69, 9.17) is 4.52 Å². The van der Waals surface area contributed by atoms with Gasteiger partial charge in [-0.05, 0) is 39.8 Å². The first-order chi connectivity index (χ1) is 14.3. The highest BCUT2D eigenvalue weighted by Crippen LogP contribution is 2.29. The number of rotatable bonds is 3. The van der Waals surface area contributed by atoms with E-state index in [0.717, 1.165) is 47.9 Å². The molecule has 8 nitrogen and oxygen atoms in total. The lowest BCUT2D eigenvalue weighted by molar-refractivity contribution is 0.157. The summed E-state index contributed by atoms with van der Waals surface area (Å²) < 4.78 is 6.90. The molecule has 0 spiro atoms. The third-order valence-corrected chi connectivity index (χ3v) is 6.15. The predicted molar refractivity (Wildman–Crippen MR) is 114 cm³/mol. The quantitative estimate of drug-likeness (QED) is 0.660. The number of hydrogen-bond acceptors (Lipinski definition) is 7. The Kier molecular flexibility index (Phi) is 5.08. The summed E-state index contributed by atoms with van der Waals surface area (Å²) in [6.07, 6.45) is 0. The minimum absolute atomic E-state index is 0.0815. The zero-order chi connectivity index (χ0) is 21.6. The van der Waals surface area contributed by atoms with Crippen LogP contribution >= 0.6 is 0 Å². The lowest BCUT2D eigenvalue weighted by Crippen LogP contribution is -2.56. The molecule has 1 aliphatic heterocycles. The second-order valence-electron chi connectivity index (χ2n) is 8.19. The Morgan fingerprint density at radius 1 is 1.23 bits per heavy atom. The first-order valence-electron chi connectivity index (χ1n) is 10.1. The predicted octanol–water partition coefficient (Wildman–Crippen LogP) is 2.51. The maximum atomic E-state index is 12.6. The average Bonchev–Trinajstić information content (AvgIpc) is 3.04. The summed E-state index contributed by atoms with van der Waals surface area (Å²) in [5.74, 6) is 0.862. The van der Waals surface area contributed by atoms with Gasteiger partial charge < -0.3 is 14.0 Å². The van der Waals surface area contributed by atoms with Crippen LogP contribution in [0.1, 0.15) is 36.6 Å². The average molecular weight is 406 g/mol. The van der Waals surface area contributed by atoms with Gasteiger partial charge in [-0.2, -0.15) is 5.26 Å². The van der Waals surface area contributed by atoms with Gasteiger partial charge in [0.2, 0.25) is 0 Å². The standard InChI is InChI=1S/C22H26N6O2/c1-13-11-28(14(2)10-27(13)12-18-15(3)25-30-16(18)4)20-8-21(29)26(5)19-7-6-17(9-23)24-22(19)20/h6-8,13-14H,10-12H2,1-5H3/t13-,14+/m1/s1. The molecule has 0 unspecified atom stereocenters. The molecule has 30 heavy (non-hydrogen) atoms. The number of aromatic nitrogens is 3. The van der Waals surface area contributed by atoms with Crippen LogP contribution in [0.25, 0.3) is 11.0 Å². The van der Waals surface area contributed by atoms with Crippen LogP contribution in [0.2, 0.25) is 0 Å². The Hall–Kier alpha value is -3.18. The molecular formula is C22H26N6O2. The van der Waals surface area contributed by atoms with E-state index >= 15 is 0 Å². The molecule has 4 rings (SSSR count). The molecule has 4 heterocycles. The van der Waals surface area contributed by atoms with Crippen molar-refractivity contribution >= 4 is 16.7 Å². The SMILES string of the molecule is Cc1noc(C)c1CN1C[C@H](C)N(c2cc(=O)n(C)c3ccc(C#N)nc23)C[C@H]1C. The van der Waals surface area contributed by atoms with E-state index in [1.807, 2.05) is 13.8 Å². The van der Waals surface area contributed by atoms with E-state index in [9.17, 15) is 10.1 Å². The van der Waals surface area contributed by atoms with Crippen molar-refractivity contribution in [3.8, 4) is 6.07 Å². The van der Waals surface area contributed by atoms with E-state index in [1.165, 1.54) is 0 Å². The van der Waals surface area contributed by atoms with Crippen molar-refractivity contribution in [1.82, 2.24) is 19.6 Å². The maximum absolute atomic E-state index is 12.6. The highest BCUT2D eigenvalue weighted by Gasteiger charge is 2.31. The molecule has 3 aromatic heterocycles. The summed E-state index contributed by atoms with van der Waals surface area (Å²) in [6.45, 7) is 10.6.